The maximum absolute atomic E-state index is 12.4. The third kappa shape index (κ3) is 5.60. The molecule has 6 nitrogen and oxygen atoms in total. The number of Topliss-reactive ketones (excluding diaryl/α,β-unsaturated/α-hetero) is 1. The third-order valence-corrected chi connectivity index (χ3v) is 5.34. The van der Waals surface area contributed by atoms with E-state index in [4.69, 9.17) is 14.0 Å². The van der Waals surface area contributed by atoms with Crippen LogP contribution in [0.4, 0.5) is 0 Å². The Bertz CT molecular complexity index is 1080. The Labute approximate surface area is 182 Å². The van der Waals surface area contributed by atoms with Crippen LogP contribution in [0.3, 0.4) is 0 Å². The predicted octanol–water partition coefficient (Wildman–Crippen LogP) is 4.76. The monoisotopic (exact) mass is 421 g/mol. The fourth-order valence-electron chi connectivity index (χ4n) is 3.27. The largest absolute Gasteiger partial charge is 0.489 e. The highest BCUT2D eigenvalue weighted by Crippen LogP contribution is 2.19. The molecule has 31 heavy (non-hydrogen) atoms. The Balaban J connectivity index is 1.50. The lowest BCUT2D eigenvalue weighted by atomic mass is 9.98. The van der Waals surface area contributed by atoms with E-state index in [1.165, 1.54) is 0 Å². The third-order valence-electron chi connectivity index (χ3n) is 5.34. The molecule has 3 aromatic rings. The van der Waals surface area contributed by atoms with Gasteiger partial charge in [0.05, 0.1) is 17.7 Å². The van der Waals surface area contributed by atoms with E-state index in [1.54, 1.807) is 24.3 Å². The summed E-state index contributed by atoms with van der Waals surface area (Å²) in [5, 5.41) is 3.91. The minimum Gasteiger partial charge on any atom is -0.489 e. The number of ketones is 1. The van der Waals surface area contributed by atoms with Crippen LogP contribution in [0.5, 0.6) is 5.75 Å². The Morgan fingerprint density at radius 2 is 1.61 bits per heavy atom. The molecule has 0 aliphatic rings. The van der Waals surface area contributed by atoms with Gasteiger partial charge < -0.3 is 14.0 Å². The lowest BCUT2D eigenvalue weighted by Crippen LogP contribution is -2.16. The first-order valence-electron chi connectivity index (χ1n) is 10.1. The summed E-state index contributed by atoms with van der Waals surface area (Å²) in [7, 11) is 0. The highest BCUT2D eigenvalue weighted by atomic mass is 16.5. The molecule has 0 aliphatic carbocycles. The number of esters is 1. The van der Waals surface area contributed by atoms with Crippen molar-refractivity contribution in [1.82, 2.24) is 5.16 Å². The number of carbonyl (C=O) groups excluding carboxylic acids is 2. The van der Waals surface area contributed by atoms with Gasteiger partial charge in [-0.2, -0.15) is 0 Å². The molecule has 1 aromatic heterocycles. The number of hydrogen-bond acceptors (Lipinski definition) is 6. The molecule has 0 radical (unpaired) electrons. The van der Waals surface area contributed by atoms with E-state index >= 15 is 0 Å². The average Bonchev–Trinajstić information content (AvgIpc) is 3.06. The van der Waals surface area contributed by atoms with Crippen molar-refractivity contribution in [2.24, 2.45) is 0 Å². The maximum atomic E-state index is 12.4. The molecule has 6 heteroatoms. The summed E-state index contributed by atoms with van der Waals surface area (Å²) in [5.74, 6) is 0.774. The Morgan fingerprint density at radius 3 is 2.26 bits per heavy atom. The molecule has 3 rings (SSSR count). The Kier molecular flexibility index (Phi) is 6.90. The van der Waals surface area contributed by atoms with E-state index < -0.39 is 5.97 Å². The van der Waals surface area contributed by atoms with Gasteiger partial charge in [-0.1, -0.05) is 23.4 Å². The average molecular weight is 421 g/mol. The van der Waals surface area contributed by atoms with Gasteiger partial charge in [0.25, 0.3) is 0 Å². The molecule has 0 spiro atoms. The van der Waals surface area contributed by atoms with Crippen LogP contribution in [0, 0.1) is 34.6 Å². The lowest BCUT2D eigenvalue weighted by Gasteiger charge is -2.10. The summed E-state index contributed by atoms with van der Waals surface area (Å²) in [6.45, 7) is 9.67. The Morgan fingerprint density at radius 1 is 0.935 bits per heavy atom. The minimum absolute atomic E-state index is 0.0866. The Hall–Kier alpha value is -3.41. The quantitative estimate of drug-likeness (QED) is 0.385. The van der Waals surface area contributed by atoms with E-state index in [0.29, 0.717) is 17.9 Å². The van der Waals surface area contributed by atoms with Crippen LogP contribution in [0.1, 0.15) is 49.6 Å². The summed E-state index contributed by atoms with van der Waals surface area (Å²) in [6.07, 6.45) is 0.0866. The van der Waals surface area contributed by atoms with Gasteiger partial charge in [0.15, 0.2) is 6.61 Å². The smallest absolute Gasteiger partial charge is 0.310 e. The predicted molar refractivity (Wildman–Crippen MR) is 116 cm³/mol. The van der Waals surface area contributed by atoms with Crippen molar-refractivity contribution in [2.75, 3.05) is 6.61 Å². The summed E-state index contributed by atoms with van der Waals surface area (Å²) in [5.41, 5.74) is 6.16. The summed E-state index contributed by atoms with van der Waals surface area (Å²) >= 11 is 0. The van der Waals surface area contributed by atoms with Crippen LogP contribution >= 0.6 is 0 Å². The zero-order chi connectivity index (χ0) is 22.5. The number of nitrogens with zero attached hydrogens (tertiary/aromatic N) is 1. The lowest BCUT2D eigenvalue weighted by molar-refractivity contribution is -0.141. The highest BCUT2D eigenvalue weighted by Gasteiger charge is 2.14. The van der Waals surface area contributed by atoms with Crippen molar-refractivity contribution in [3.63, 3.8) is 0 Å². The van der Waals surface area contributed by atoms with E-state index in [9.17, 15) is 9.59 Å². The number of hydrogen-bond donors (Lipinski definition) is 0. The summed E-state index contributed by atoms with van der Waals surface area (Å²) < 4.78 is 16.1. The van der Waals surface area contributed by atoms with Crippen molar-refractivity contribution in [3.8, 4) is 5.75 Å². The van der Waals surface area contributed by atoms with E-state index in [2.05, 4.69) is 5.16 Å². The molecule has 2 aromatic carbocycles. The molecule has 162 valence electrons. The normalized spacial score (nSPS) is 10.7. The minimum atomic E-state index is -0.445. The molecule has 1 heterocycles. The van der Waals surface area contributed by atoms with Crippen molar-refractivity contribution < 1.29 is 23.6 Å². The molecule has 0 atom stereocenters. The summed E-state index contributed by atoms with van der Waals surface area (Å²) in [6, 6.07) is 11.0. The number of carbonyl (C=O) groups is 2. The first-order valence-corrected chi connectivity index (χ1v) is 10.1. The second-order valence-electron chi connectivity index (χ2n) is 7.75. The molecular weight excluding hydrogens is 394 g/mol. The van der Waals surface area contributed by atoms with Gasteiger partial charge in [-0.25, -0.2) is 0 Å². The van der Waals surface area contributed by atoms with Crippen LogP contribution in [0.15, 0.2) is 40.9 Å². The molecule has 0 bridgehead atoms. The van der Waals surface area contributed by atoms with E-state index in [-0.39, 0.29) is 18.8 Å². The number of ether oxygens (including phenoxy) is 2. The topological polar surface area (TPSA) is 78.6 Å². The zero-order valence-electron chi connectivity index (χ0n) is 18.6. The van der Waals surface area contributed by atoms with Gasteiger partial charge in [-0.15, -0.1) is 0 Å². The number of rotatable bonds is 8. The van der Waals surface area contributed by atoms with E-state index in [0.717, 1.165) is 39.3 Å². The zero-order valence-corrected chi connectivity index (χ0v) is 18.6. The van der Waals surface area contributed by atoms with Crippen LogP contribution in [-0.4, -0.2) is 23.5 Å². The van der Waals surface area contributed by atoms with Gasteiger partial charge in [-0.05, 0) is 75.1 Å². The van der Waals surface area contributed by atoms with Gasteiger partial charge >= 0.3 is 5.97 Å². The van der Waals surface area contributed by atoms with Gasteiger partial charge in [0.2, 0.25) is 5.78 Å². The van der Waals surface area contributed by atoms with Crippen LogP contribution in [0.2, 0.25) is 0 Å². The number of aryl methyl sites for hydroxylation is 5. The van der Waals surface area contributed by atoms with Crippen molar-refractivity contribution in [3.05, 3.63) is 81.2 Å². The highest BCUT2D eigenvalue weighted by molar-refractivity contribution is 5.99. The van der Waals surface area contributed by atoms with E-state index in [1.807, 2.05) is 46.8 Å². The maximum Gasteiger partial charge on any atom is 0.310 e. The summed E-state index contributed by atoms with van der Waals surface area (Å²) in [4.78, 5) is 24.6. The van der Waals surface area contributed by atoms with Crippen LogP contribution < -0.4 is 4.74 Å². The molecular formula is C25H27NO5. The molecule has 0 N–H and O–H groups in total. The standard InChI is InChI=1S/C25H27NO5/c1-15-10-17(3)22(11-16(15)2)24(27)14-30-25(28)12-20-6-8-21(9-7-20)29-13-23-18(4)26-31-19(23)5/h6-11H,12-14H2,1-5H3. The van der Waals surface area contributed by atoms with Gasteiger partial charge in [0, 0.05) is 5.56 Å². The van der Waals surface area contributed by atoms with Crippen molar-refractivity contribution >= 4 is 11.8 Å². The van der Waals surface area contributed by atoms with Gasteiger partial charge in [0.1, 0.15) is 18.1 Å². The molecule has 0 saturated heterocycles. The molecule has 0 aliphatic heterocycles. The molecule has 0 fully saturated rings. The first-order chi connectivity index (χ1) is 14.7. The second kappa shape index (κ2) is 9.60. The van der Waals surface area contributed by atoms with Crippen LogP contribution in [0.25, 0.3) is 0 Å². The van der Waals surface area contributed by atoms with Gasteiger partial charge in [-0.3, -0.25) is 9.59 Å². The van der Waals surface area contributed by atoms with Crippen LogP contribution in [-0.2, 0) is 22.6 Å². The molecule has 0 saturated carbocycles. The molecule has 0 unspecified atom stereocenters. The fourth-order valence-corrected chi connectivity index (χ4v) is 3.27. The van der Waals surface area contributed by atoms with Crippen molar-refractivity contribution in [2.45, 2.75) is 47.6 Å². The molecule has 0 amide bonds. The second-order valence-corrected chi connectivity index (χ2v) is 7.75. The van der Waals surface area contributed by atoms with Crippen molar-refractivity contribution in [1.29, 1.82) is 0 Å². The SMILES string of the molecule is Cc1cc(C)c(C(=O)COC(=O)Cc2ccc(OCc3c(C)noc3C)cc2)cc1C. The number of benzene rings is 2. The first kappa shape index (κ1) is 22.3. The fraction of sp³-hybridized carbons (Fsp3) is 0.320. The number of aromatic nitrogens is 1.